The minimum Gasteiger partial charge on any atom is -0.549 e. The van der Waals surface area contributed by atoms with Crippen LogP contribution in [0.4, 0.5) is 0 Å². The van der Waals surface area contributed by atoms with Crippen LogP contribution in [0.3, 0.4) is 0 Å². The Bertz CT molecular complexity index is 1020. The van der Waals surface area contributed by atoms with Crippen molar-refractivity contribution in [2.24, 2.45) is 0 Å². The van der Waals surface area contributed by atoms with Crippen LogP contribution in [-0.4, -0.2) is 47.8 Å². The van der Waals surface area contributed by atoms with Crippen molar-refractivity contribution in [2.75, 3.05) is 12.3 Å². The molecule has 0 radical (unpaired) electrons. The summed E-state index contributed by atoms with van der Waals surface area (Å²) in [5.74, 6) is -2.58. The zero-order chi connectivity index (χ0) is 18.5. The average Bonchev–Trinajstić information content (AvgIpc) is 3.14. The number of aliphatic carboxylic acids is 1. The molecule has 2 atom stereocenters. The molecule has 0 N–H and O–H groups in total. The summed E-state index contributed by atoms with van der Waals surface area (Å²) in [7, 11) is -3.91. The number of carboxylic acids is 1. The van der Waals surface area contributed by atoms with Crippen LogP contribution < -0.4 is 34.7 Å². The quantitative estimate of drug-likeness (QED) is 0.299. The third kappa shape index (κ3) is 3.17. The van der Waals surface area contributed by atoms with E-state index in [1.165, 1.54) is 6.08 Å². The number of pyridine rings is 1. The number of rotatable bonds is 3. The Hall–Kier alpha value is -1.52. The summed E-state index contributed by atoms with van der Waals surface area (Å²) in [6, 6.07) is 8.31. The number of carboxylic acid groups (broad SMARTS) is 1. The SMILES string of the molecule is O=C1C(=Cc2ccccn2)[C@@H]2N1CC(C(=O)[O-])(c1cccs1)CS2(=O)=O.[Na+]. The number of sulfone groups is 1. The van der Waals surface area contributed by atoms with Crippen molar-refractivity contribution in [3.8, 4) is 0 Å². The molecule has 1 unspecified atom stereocenters. The summed E-state index contributed by atoms with van der Waals surface area (Å²) in [6.45, 7) is -0.224. The second kappa shape index (κ2) is 7.14. The van der Waals surface area contributed by atoms with Crippen molar-refractivity contribution in [1.82, 2.24) is 9.88 Å². The van der Waals surface area contributed by atoms with Crippen LogP contribution in [0.25, 0.3) is 6.08 Å². The Balaban J connectivity index is 0.00000210. The second-order valence-corrected chi connectivity index (χ2v) is 9.30. The van der Waals surface area contributed by atoms with Crippen molar-refractivity contribution in [3.05, 3.63) is 58.1 Å². The zero-order valence-electron chi connectivity index (χ0n) is 14.4. The van der Waals surface area contributed by atoms with E-state index in [0.717, 1.165) is 16.2 Å². The van der Waals surface area contributed by atoms with Gasteiger partial charge in [-0.3, -0.25) is 9.78 Å². The molecule has 27 heavy (non-hydrogen) atoms. The fourth-order valence-corrected chi connectivity index (χ4v) is 6.78. The first-order chi connectivity index (χ1) is 12.3. The molecule has 4 rings (SSSR count). The molecule has 2 saturated heterocycles. The maximum absolute atomic E-state index is 12.9. The molecule has 2 fully saturated rings. The summed E-state index contributed by atoms with van der Waals surface area (Å²) in [5.41, 5.74) is -1.15. The number of carbonyl (C=O) groups is 2. The van der Waals surface area contributed by atoms with Gasteiger partial charge in [0.15, 0.2) is 15.2 Å². The molecule has 2 aliphatic rings. The van der Waals surface area contributed by atoms with Crippen molar-refractivity contribution in [1.29, 1.82) is 0 Å². The van der Waals surface area contributed by atoms with Crippen LogP contribution in [0, 0.1) is 0 Å². The van der Waals surface area contributed by atoms with Crippen LogP contribution >= 0.6 is 11.3 Å². The molecule has 0 bridgehead atoms. The van der Waals surface area contributed by atoms with Gasteiger partial charge in [0.25, 0.3) is 5.91 Å². The Morgan fingerprint density at radius 3 is 2.70 bits per heavy atom. The number of nitrogens with zero attached hydrogens (tertiary/aromatic N) is 2. The number of aromatic nitrogens is 1. The predicted octanol–water partition coefficient (Wildman–Crippen LogP) is -3.18. The van der Waals surface area contributed by atoms with Gasteiger partial charge in [0.05, 0.1) is 28.4 Å². The summed E-state index contributed by atoms with van der Waals surface area (Å²) < 4.78 is 25.7. The Morgan fingerprint density at radius 1 is 1.33 bits per heavy atom. The minimum absolute atomic E-state index is 0. The summed E-state index contributed by atoms with van der Waals surface area (Å²) >= 11 is 1.14. The summed E-state index contributed by atoms with van der Waals surface area (Å²) in [4.78, 5) is 30.0. The molecule has 4 heterocycles. The maximum atomic E-state index is 12.9. The van der Waals surface area contributed by atoms with Crippen LogP contribution in [0.15, 0.2) is 47.5 Å². The van der Waals surface area contributed by atoms with Gasteiger partial charge in [0.1, 0.15) is 0 Å². The first kappa shape index (κ1) is 20.2. The van der Waals surface area contributed by atoms with Crippen molar-refractivity contribution >= 4 is 39.1 Å². The van der Waals surface area contributed by atoms with Crippen LogP contribution in [0.1, 0.15) is 10.6 Å². The van der Waals surface area contributed by atoms with E-state index in [-0.39, 0.29) is 41.7 Å². The van der Waals surface area contributed by atoms with Gasteiger partial charge >= 0.3 is 29.6 Å². The van der Waals surface area contributed by atoms with E-state index in [4.69, 9.17) is 0 Å². The zero-order valence-corrected chi connectivity index (χ0v) is 18.0. The van der Waals surface area contributed by atoms with Gasteiger partial charge in [-0.2, -0.15) is 0 Å². The molecule has 0 aliphatic carbocycles. The molecule has 2 aromatic rings. The number of fused-ring (bicyclic) bond motifs is 1. The molecule has 10 heteroatoms. The van der Waals surface area contributed by atoms with E-state index in [2.05, 4.69) is 4.98 Å². The van der Waals surface area contributed by atoms with E-state index >= 15 is 0 Å². The van der Waals surface area contributed by atoms with Gasteiger partial charge in [-0.25, -0.2) is 8.42 Å². The predicted molar refractivity (Wildman–Crippen MR) is 92.5 cm³/mol. The fraction of sp³-hybridized carbons (Fsp3) is 0.235. The van der Waals surface area contributed by atoms with Crippen molar-refractivity contribution in [3.63, 3.8) is 0 Å². The Morgan fingerprint density at radius 2 is 2.11 bits per heavy atom. The van der Waals surface area contributed by atoms with Crippen molar-refractivity contribution < 1.29 is 52.7 Å². The van der Waals surface area contributed by atoms with Crippen LogP contribution in [0.5, 0.6) is 0 Å². The first-order valence-electron chi connectivity index (χ1n) is 7.76. The molecule has 0 saturated carbocycles. The number of carbonyl (C=O) groups excluding carboxylic acids is 2. The molecule has 134 valence electrons. The van der Waals surface area contributed by atoms with E-state index < -0.39 is 38.3 Å². The standard InChI is InChI=1S/C17H14N2O5S2.Na/c20-14-12(8-11-4-1-2-6-18-11)15-19(14)9-17(16(21)22,10-26(15,23)24)13-5-3-7-25-13;/h1-8,15H,9-10H2,(H,21,22);/q;+1/p-1/t15-,17?;/m1./s1. The van der Waals surface area contributed by atoms with Crippen LogP contribution in [0.2, 0.25) is 0 Å². The summed E-state index contributed by atoms with van der Waals surface area (Å²) in [5, 5.41) is 12.4. The molecule has 2 aliphatic heterocycles. The number of hydrogen-bond donors (Lipinski definition) is 0. The maximum Gasteiger partial charge on any atom is 1.00 e. The largest absolute Gasteiger partial charge is 1.00 e. The first-order valence-corrected chi connectivity index (χ1v) is 10.4. The molecular formula is C17H13N2NaO5S2. The minimum atomic E-state index is -3.91. The van der Waals surface area contributed by atoms with Gasteiger partial charge < -0.3 is 14.8 Å². The molecule has 0 aromatic carbocycles. The number of thiophene rings is 1. The van der Waals surface area contributed by atoms with Gasteiger partial charge in [-0.05, 0) is 29.7 Å². The number of β-lactam (4-membered cyclic amide) rings is 1. The molecule has 2 aromatic heterocycles. The van der Waals surface area contributed by atoms with Crippen LogP contribution in [-0.2, 0) is 24.8 Å². The van der Waals surface area contributed by atoms with E-state index in [1.807, 2.05) is 0 Å². The van der Waals surface area contributed by atoms with E-state index in [9.17, 15) is 23.1 Å². The van der Waals surface area contributed by atoms with Gasteiger partial charge in [0.2, 0.25) is 0 Å². The molecular weight excluding hydrogens is 399 g/mol. The van der Waals surface area contributed by atoms with Crippen molar-refractivity contribution in [2.45, 2.75) is 10.8 Å². The Kier molecular flexibility index (Phi) is 5.35. The monoisotopic (exact) mass is 412 g/mol. The number of amides is 1. The summed E-state index contributed by atoms with van der Waals surface area (Å²) in [6.07, 6.45) is 2.98. The third-order valence-corrected chi connectivity index (χ3v) is 7.82. The fourth-order valence-electron chi connectivity index (χ4n) is 3.46. The topological polar surface area (TPSA) is 107 Å². The molecule has 7 nitrogen and oxygen atoms in total. The van der Waals surface area contributed by atoms with Gasteiger partial charge in [-0.1, -0.05) is 12.1 Å². The number of hydrogen-bond acceptors (Lipinski definition) is 7. The molecule has 0 spiro atoms. The average molecular weight is 412 g/mol. The molecule has 1 amide bonds. The smallest absolute Gasteiger partial charge is 0.549 e. The van der Waals surface area contributed by atoms with Gasteiger partial charge in [-0.15, -0.1) is 11.3 Å². The third-order valence-electron chi connectivity index (χ3n) is 4.66. The normalized spacial score (nSPS) is 27.4. The van der Waals surface area contributed by atoms with E-state index in [0.29, 0.717) is 10.6 Å². The second-order valence-electron chi connectivity index (χ2n) is 6.29. The van der Waals surface area contributed by atoms with Gasteiger partial charge in [0, 0.05) is 17.6 Å². The van der Waals surface area contributed by atoms with E-state index in [1.54, 1.807) is 41.9 Å². The Labute approximate surface area is 181 Å².